The number of aromatic amines is 1. The molecule has 0 bridgehead atoms. The molecule has 1 amide bonds. The van der Waals surface area contributed by atoms with Crippen LogP contribution in [0, 0.1) is 6.92 Å². The summed E-state index contributed by atoms with van der Waals surface area (Å²) in [5.41, 5.74) is 0.610. The molecule has 0 spiro atoms. The maximum atomic E-state index is 12.6. The Labute approximate surface area is 136 Å². The Morgan fingerprint density at radius 2 is 2.09 bits per heavy atom. The van der Waals surface area contributed by atoms with Crippen molar-refractivity contribution in [2.24, 2.45) is 0 Å². The quantitative estimate of drug-likeness (QED) is 0.826. The van der Waals surface area contributed by atoms with E-state index in [9.17, 15) is 18.0 Å². The highest BCUT2D eigenvalue weighted by molar-refractivity contribution is 7.91. The molecule has 1 atom stereocenters. The highest BCUT2D eigenvalue weighted by Gasteiger charge is 2.34. The van der Waals surface area contributed by atoms with Crippen LogP contribution in [0.2, 0.25) is 0 Å². The summed E-state index contributed by atoms with van der Waals surface area (Å²) in [6.45, 7) is 5.85. The molecule has 128 valence electrons. The molecular weight excluding hydrogens is 318 g/mol. The highest BCUT2D eigenvalue weighted by Crippen LogP contribution is 2.18. The number of hydrogen-bond acceptors (Lipinski definition) is 5. The number of H-pyrrole nitrogens is 1. The van der Waals surface area contributed by atoms with E-state index >= 15 is 0 Å². The fourth-order valence-electron chi connectivity index (χ4n) is 2.96. The van der Waals surface area contributed by atoms with Crippen molar-refractivity contribution in [1.29, 1.82) is 0 Å². The lowest BCUT2D eigenvalue weighted by Gasteiger charge is -2.27. The van der Waals surface area contributed by atoms with Crippen LogP contribution in [0.25, 0.3) is 0 Å². The van der Waals surface area contributed by atoms with Gasteiger partial charge in [-0.3, -0.25) is 9.59 Å². The van der Waals surface area contributed by atoms with Gasteiger partial charge in [-0.15, -0.1) is 0 Å². The smallest absolute Gasteiger partial charge is 0.254 e. The fourth-order valence-corrected chi connectivity index (χ4v) is 4.69. The van der Waals surface area contributed by atoms with Gasteiger partial charge in [0, 0.05) is 30.3 Å². The summed E-state index contributed by atoms with van der Waals surface area (Å²) < 4.78 is 23.2. The monoisotopic (exact) mass is 341 g/mol. The van der Waals surface area contributed by atoms with Crippen LogP contribution < -0.4 is 5.56 Å². The molecule has 0 aliphatic carbocycles. The van der Waals surface area contributed by atoms with Crippen molar-refractivity contribution in [3.63, 3.8) is 0 Å². The highest BCUT2D eigenvalue weighted by atomic mass is 32.2. The molecule has 1 fully saturated rings. The molecule has 1 aromatic rings. The number of amides is 1. The molecule has 2 rings (SSSR count). The van der Waals surface area contributed by atoms with Gasteiger partial charge in [0.05, 0.1) is 17.9 Å². The summed E-state index contributed by atoms with van der Waals surface area (Å²) >= 11 is 0. The number of nitrogens with one attached hydrogen (secondary N) is 1. The summed E-state index contributed by atoms with van der Waals surface area (Å²) in [5, 5.41) is 0. The molecule has 8 heteroatoms. The van der Waals surface area contributed by atoms with Crippen molar-refractivity contribution in [3.05, 3.63) is 27.4 Å². The topological polar surface area (TPSA) is 100 Å². The normalized spacial score (nSPS) is 19.7. The third-order valence-electron chi connectivity index (χ3n) is 4.24. The van der Waals surface area contributed by atoms with E-state index in [0.29, 0.717) is 36.5 Å². The second-order valence-corrected chi connectivity index (χ2v) is 8.07. The molecule has 0 aromatic carbocycles. The van der Waals surface area contributed by atoms with E-state index in [-0.39, 0.29) is 35.4 Å². The molecule has 0 radical (unpaired) electrons. The van der Waals surface area contributed by atoms with E-state index in [1.807, 2.05) is 13.8 Å². The average Bonchev–Trinajstić information content (AvgIpc) is 2.83. The van der Waals surface area contributed by atoms with Crippen LogP contribution >= 0.6 is 0 Å². The van der Waals surface area contributed by atoms with Crippen LogP contribution in [0.1, 0.15) is 37.4 Å². The predicted octanol–water partition coefficient (Wildman–Crippen LogP) is 0.219. The van der Waals surface area contributed by atoms with E-state index in [4.69, 9.17) is 0 Å². The number of likely N-dealkylation sites (N-methyl/N-ethyl adjacent to an activating group) is 1. The number of aryl methyl sites for hydroxylation is 2. The van der Waals surface area contributed by atoms with Crippen LogP contribution in [0.4, 0.5) is 0 Å². The first-order valence-corrected chi connectivity index (χ1v) is 9.68. The second kappa shape index (κ2) is 6.82. The van der Waals surface area contributed by atoms with Crippen LogP contribution in [0.5, 0.6) is 0 Å². The minimum absolute atomic E-state index is 0.00887. The van der Waals surface area contributed by atoms with Gasteiger partial charge in [0.15, 0.2) is 9.84 Å². The maximum Gasteiger partial charge on any atom is 0.254 e. The molecule has 2 heterocycles. The Kier molecular flexibility index (Phi) is 5.23. The number of hydrogen-bond donors (Lipinski definition) is 1. The van der Waals surface area contributed by atoms with Gasteiger partial charge in [0.2, 0.25) is 5.91 Å². The zero-order chi connectivity index (χ0) is 17.2. The van der Waals surface area contributed by atoms with Gasteiger partial charge >= 0.3 is 0 Å². The van der Waals surface area contributed by atoms with Crippen LogP contribution in [-0.4, -0.2) is 53.3 Å². The Hall–Kier alpha value is -1.70. The zero-order valence-corrected chi connectivity index (χ0v) is 14.6. The first-order chi connectivity index (χ1) is 10.8. The lowest BCUT2D eigenvalue weighted by Crippen LogP contribution is -2.42. The fraction of sp³-hybridized carbons (Fsp3) is 0.667. The molecule has 1 aliphatic heterocycles. The van der Waals surface area contributed by atoms with Crippen LogP contribution in [0.15, 0.2) is 4.79 Å². The molecule has 1 aromatic heterocycles. The number of carbonyl (C=O) groups excluding carboxylic acids is 1. The number of aromatic nitrogens is 2. The third-order valence-corrected chi connectivity index (χ3v) is 5.99. The average molecular weight is 341 g/mol. The first-order valence-electron chi connectivity index (χ1n) is 7.86. The van der Waals surface area contributed by atoms with Crippen molar-refractivity contribution >= 4 is 15.7 Å². The predicted molar refractivity (Wildman–Crippen MR) is 87.1 cm³/mol. The van der Waals surface area contributed by atoms with Gasteiger partial charge in [-0.2, -0.15) is 0 Å². The molecular formula is C15H23N3O4S. The maximum absolute atomic E-state index is 12.6. The lowest BCUT2D eigenvalue weighted by atomic mass is 10.1. The summed E-state index contributed by atoms with van der Waals surface area (Å²) in [7, 11) is -3.06. The van der Waals surface area contributed by atoms with Gasteiger partial charge in [-0.25, -0.2) is 13.4 Å². The van der Waals surface area contributed by atoms with Crippen molar-refractivity contribution in [1.82, 2.24) is 14.9 Å². The largest absolute Gasteiger partial charge is 0.339 e. The number of rotatable bonds is 5. The number of nitrogens with zero attached hydrogens (tertiary/aromatic N) is 2. The van der Waals surface area contributed by atoms with E-state index in [1.165, 1.54) is 0 Å². The van der Waals surface area contributed by atoms with Crippen molar-refractivity contribution in [3.8, 4) is 0 Å². The summed E-state index contributed by atoms with van der Waals surface area (Å²) in [4.78, 5) is 33.2. The standard InChI is InChI=1S/C15H23N3O4S/c1-4-13-16-10(3)12(15(20)17-13)8-14(19)18(5-2)11-6-7-23(21,22)9-11/h11H,4-9H2,1-3H3,(H,16,17,20)/t11-/m1/s1. The zero-order valence-electron chi connectivity index (χ0n) is 13.8. The van der Waals surface area contributed by atoms with Crippen LogP contribution in [0.3, 0.4) is 0 Å². The Bertz CT molecular complexity index is 754. The number of sulfone groups is 1. The minimum Gasteiger partial charge on any atom is -0.339 e. The van der Waals surface area contributed by atoms with Crippen molar-refractivity contribution in [2.75, 3.05) is 18.1 Å². The molecule has 0 unspecified atom stereocenters. The SMILES string of the molecule is CCc1nc(C)c(CC(=O)N(CC)[C@@H]2CCS(=O)(=O)C2)c(=O)[nH]1. The van der Waals surface area contributed by atoms with Gasteiger partial charge < -0.3 is 9.88 Å². The summed E-state index contributed by atoms with van der Waals surface area (Å²) in [5.74, 6) is 0.495. The second-order valence-electron chi connectivity index (χ2n) is 5.84. The molecule has 23 heavy (non-hydrogen) atoms. The third kappa shape index (κ3) is 3.99. The Morgan fingerprint density at radius 3 is 2.57 bits per heavy atom. The van der Waals surface area contributed by atoms with E-state index in [1.54, 1.807) is 11.8 Å². The van der Waals surface area contributed by atoms with E-state index < -0.39 is 9.84 Å². The van der Waals surface area contributed by atoms with Gasteiger partial charge in [-0.05, 0) is 20.3 Å². The molecule has 1 aliphatic rings. The first kappa shape index (κ1) is 17.7. The van der Waals surface area contributed by atoms with E-state index in [2.05, 4.69) is 9.97 Å². The Balaban J connectivity index is 2.19. The van der Waals surface area contributed by atoms with Crippen molar-refractivity contribution in [2.45, 2.75) is 46.1 Å². The molecule has 1 saturated heterocycles. The Morgan fingerprint density at radius 1 is 1.39 bits per heavy atom. The molecule has 7 nitrogen and oxygen atoms in total. The molecule has 1 N–H and O–H groups in total. The number of carbonyl (C=O) groups is 1. The van der Waals surface area contributed by atoms with Gasteiger partial charge in [0.25, 0.3) is 5.56 Å². The van der Waals surface area contributed by atoms with E-state index in [0.717, 1.165) is 0 Å². The summed E-state index contributed by atoms with van der Waals surface area (Å²) in [6.07, 6.45) is 1.03. The summed E-state index contributed by atoms with van der Waals surface area (Å²) in [6, 6.07) is -0.292. The van der Waals surface area contributed by atoms with Gasteiger partial charge in [-0.1, -0.05) is 6.92 Å². The van der Waals surface area contributed by atoms with Crippen molar-refractivity contribution < 1.29 is 13.2 Å². The van der Waals surface area contributed by atoms with Crippen LogP contribution in [-0.2, 0) is 27.5 Å². The van der Waals surface area contributed by atoms with Gasteiger partial charge in [0.1, 0.15) is 5.82 Å². The minimum atomic E-state index is -3.06. The molecule has 0 saturated carbocycles. The lowest BCUT2D eigenvalue weighted by molar-refractivity contribution is -0.132.